The Kier molecular flexibility index (Phi) is 11.9. The third-order valence-corrected chi connectivity index (χ3v) is 11.0. The van der Waals surface area contributed by atoms with Crippen molar-refractivity contribution < 1.29 is 33.4 Å². The average molecular weight is 823 g/mol. The van der Waals surface area contributed by atoms with E-state index in [9.17, 15) is 0 Å². The minimum atomic E-state index is 0.203. The van der Waals surface area contributed by atoms with Gasteiger partial charge in [0, 0.05) is 6.07 Å². The van der Waals surface area contributed by atoms with Gasteiger partial charge in [0.25, 0.3) is 0 Å². The number of fused-ring (bicyclic) bond motifs is 3. The standard InChI is InChI=1S/C21H25.C13H13O2.C13H10.Hf/c1-20(2,3)16-7-9-18-14(12-16)11-15-13-17(21(4,5)6)8-10-19(15)18;1-14-11-7-8-12(13(9-11)15-2)10-5-3-4-6-10;1-3-7-12(8-4-1)11-13-9-5-2-6-10-13;/h7-13H,1-6H3;3-9H,1-2H3;1-10H;/q2*-1;;+2. The van der Waals surface area contributed by atoms with Crippen LogP contribution in [-0.4, -0.2) is 17.5 Å². The molecule has 7 aromatic carbocycles. The van der Waals surface area contributed by atoms with E-state index in [2.05, 4.69) is 157 Å². The summed E-state index contributed by atoms with van der Waals surface area (Å²) in [5.74, 6) is 1.64. The van der Waals surface area contributed by atoms with Crippen LogP contribution < -0.4 is 9.47 Å². The molecule has 0 bridgehead atoms. The van der Waals surface area contributed by atoms with Crippen molar-refractivity contribution in [2.45, 2.75) is 52.4 Å². The van der Waals surface area contributed by atoms with Gasteiger partial charge in [0.15, 0.2) is 0 Å². The Morgan fingerprint density at radius 2 is 1.08 bits per heavy atom. The van der Waals surface area contributed by atoms with E-state index in [0.717, 1.165) is 46.5 Å². The predicted octanol–water partition coefficient (Wildman–Crippen LogP) is 12.2. The molecule has 2 nitrogen and oxygen atoms in total. The molecule has 0 N–H and O–H groups in total. The molecule has 0 aliphatic rings. The van der Waals surface area contributed by atoms with Crippen molar-refractivity contribution in [3.8, 4) is 22.6 Å². The number of hydrogen-bond acceptors (Lipinski definition) is 2. The fourth-order valence-corrected chi connectivity index (χ4v) is 7.12. The quantitative estimate of drug-likeness (QED) is 0.127. The van der Waals surface area contributed by atoms with Gasteiger partial charge in [-0.2, -0.15) is 18.2 Å². The Morgan fingerprint density at radius 3 is 1.50 bits per heavy atom. The van der Waals surface area contributed by atoms with E-state index in [1.54, 1.807) is 14.2 Å². The van der Waals surface area contributed by atoms with Crippen LogP contribution in [0, 0.1) is 0 Å². The van der Waals surface area contributed by atoms with E-state index in [1.165, 1.54) is 47.1 Å². The number of ether oxygens (including phenoxy) is 2. The third kappa shape index (κ3) is 9.06. The third-order valence-electron chi connectivity index (χ3n) is 8.94. The van der Waals surface area contributed by atoms with E-state index in [-0.39, 0.29) is 10.8 Å². The van der Waals surface area contributed by atoms with Gasteiger partial charge in [-0.1, -0.05) is 88.6 Å². The molecule has 0 fully saturated rings. The van der Waals surface area contributed by atoms with Crippen molar-refractivity contribution in [2.24, 2.45) is 0 Å². The van der Waals surface area contributed by atoms with Crippen LogP contribution in [-0.2, 0) is 34.7 Å². The van der Waals surface area contributed by atoms with Crippen molar-refractivity contribution in [2.75, 3.05) is 14.2 Å². The molecule has 252 valence electrons. The Morgan fingerprint density at radius 1 is 0.560 bits per heavy atom. The van der Waals surface area contributed by atoms with E-state index < -0.39 is 0 Å². The van der Waals surface area contributed by atoms with Gasteiger partial charge >= 0.3 is 98.9 Å². The monoisotopic (exact) mass is 824 g/mol. The molecule has 0 atom stereocenters. The van der Waals surface area contributed by atoms with Crippen LogP contribution >= 0.6 is 0 Å². The summed E-state index contributed by atoms with van der Waals surface area (Å²) in [6, 6.07) is 51.4. The average Bonchev–Trinajstić information content (AvgIpc) is 3.79. The first-order valence-corrected chi connectivity index (χ1v) is 19.0. The van der Waals surface area contributed by atoms with Gasteiger partial charge in [-0.25, -0.2) is 0 Å². The van der Waals surface area contributed by atoms with Crippen molar-refractivity contribution in [3.05, 3.63) is 168 Å². The zero-order chi connectivity index (χ0) is 35.9. The molecule has 3 heteroatoms. The number of methoxy groups -OCH3 is 2. The van der Waals surface area contributed by atoms with Crippen LogP contribution in [0.2, 0.25) is 0 Å². The second-order valence-corrected chi connectivity index (χ2v) is 16.4. The Bertz CT molecular complexity index is 2030. The zero-order valence-electron chi connectivity index (χ0n) is 30.7. The summed E-state index contributed by atoms with van der Waals surface area (Å²) >= 11 is 1.08. The minimum absolute atomic E-state index is 0.203. The SMILES string of the molecule is CC(C)(C)c1ccc2c(c1)[cH-]c1cc(C(C)(C)C)ccc12.COc1ccc(-c2ccc[cH-]2)c(OC)c1.[Hf+2]=[C](c1ccccc1)c1ccccc1. The molecule has 0 aliphatic heterocycles. The Balaban J connectivity index is 0.000000150. The van der Waals surface area contributed by atoms with Crippen molar-refractivity contribution in [1.29, 1.82) is 0 Å². The summed E-state index contributed by atoms with van der Waals surface area (Å²) in [6.07, 6.45) is 0. The maximum absolute atomic E-state index is 5.33. The molecule has 7 aromatic rings. The van der Waals surface area contributed by atoms with E-state index in [1.807, 2.05) is 30.3 Å². The van der Waals surface area contributed by atoms with Gasteiger partial charge in [0.2, 0.25) is 0 Å². The summed E-state index contributed by atoms with van der Waals surface area (Å²) < 4.78 is 11.9. The zero-order valence-corrected chi connectivity index (χ0v) is 34.3. The van der Waals surface area contributed by atoms with Gasteiger partial charge in [-0.05, 0) is 16.9 Å². The number of hydrogen-bond donors (Lipinski definition) is 0. The van der Waals surface area contributed by atoms with Crippen LogP contribution in [0.5, 0.6) is 11.5 Å². The molecule has 0 unspecified atom stereocenters. The van der Waals surface area contributed by atoms with Crippen molar-refractivity contribution in [1.82, 2.24) is 0 Å². The maximum atomic E-state index is 5.33. The molecule has 0 aromatic heterocycles. The molecule has 0 saturated heterocycles. The summed E-state index contributed by atoms with van der Waals surface area (Å²) in [6.45, 7) is 13.6. The molecule has 0 saturated carbocycles. The van der Waals surface area contributed by atoms with Crippen LogP contribution in [0.25, 0.3) is 32.7 Å². The molecular formula is C47H48HfO2. The fraction of sp³-hybridized carbons (Fsp3) is 0.213. The van der Waals surface area contributed by atoms with Crippen LogP contribution in [0.4, 0.5) is 0 Å². The van der Waals surface area contributed by atoms with Gasteiger partial charge in [0.1, 0.15) is 5.75 Å². The van der Waals surface area contributed by atoms with Crippen molar-refractivity contribution >= 4 is 24.8 Å². The van der Waals surface area contributed by atoms with E-state index in [0.29, 0.717) is 0 Å². The van der Waals surface area contributed by atoms with Crippen molar-refractivity contribution in [3.63, 3.8) is 0 Å². The second kappa shape index (κ2) is 16.1. The number of benzene rings is 5. The topological polar surface area (TPSA) is 18.5 Å². The molecule has 7 rings (SSSR count). The first kappa shape index (κ1) is 36.9. The molecule has 0 amide bonds. The summed E-state index contributed by atoms with van der Waals surface area (Å²) in [4.78, 5) is 0. The van der Waals surface area contributed by atoms with E-state index in [4.69, 9.17) is 9.47 Å². The summed E-state index contributed by atoms with van der Waals surface area (Å²) in [7, 11) is 3.32. The van der Waals surface area contributed by atoms with Crippen LogP contribution in [0.15, 0.2) is 146 Å². The summed E-state index contributed by atoms with van der Waals surface area (Å²) in [5.41, 5.74) is 8.17. The van der Waals surface area contributed by atoms with Gasteiger partial charge in [-0.3, -0.25) is 0 Å². The Labute approximate surface area is 313 Å². The van der Waals surface area contributed by atoms with Crippen LogP contribution in [0.3, 0.4) is 0 Å². The molecule has 50 heavy (non-hydrogen) atoms. The van der Waals surface area contributed by atoms with E-state index >= 15 is 0 Å². The molecule has 0 heterocycles. The van der Waals surface area contributed by atoms with Gasteiger partial charge in [-0.15, -0.1) is 51.4 Å². The molecule has 0 spiro atoms. The first-order chi connectivity index (χ1) is 23.9. The second-order valence-electron chi connectivity index (χ2n) is 14.6. The predicted molar refractivity (Wildman–Crippen MR) is 211 cm³/mol. The summed E-state index contributed by atoms with van der Waals surface area (Å²) in [5, 5.41) is 5.48. The normalized spacial score (nSPS) is 11.3. The fourth-order valence-electron chi connectivity index (χ4n) is 5.92. The van der Waals surface area contributed by atoms with Gasteiger partial charge in [0.05, 0.1) is 20.0 Å². The molecular weight excluding hydrogens is 775 g/mol. The first-order valence-electron chi connectivity index (χ1n) is 17.2. The number of rotatable bonds is 5. The van der Waals surface area contributed by atoms with Gasteiger partial charge < -0.3 is 9.47 Å². The molecule has 0 aliphatic carbocycles. The Hall–Kier alpha value is -4.34. The van der Waals surface area contributed by atoms with Crippen LogP contribution in [0.1, 0.15) is 63.8 Å². The molecule has 0 radical (unpaired) electrons.